The van der Waals surface area contributed by atoms with Crippen molar-refractivity contribution in [2.75, 3.05) is 0 Å². The van der Waals surface area contributed by atoms with E-state index in [1.165, 1.54) is 4.80 Å². The van der Waals surface area contributed by atoms with Gasteiger partial charge >= 0.3 is 0 Å². The van der Waals surface area contributed by atoms with Crippen molar-refractivity contribution in [3.05, 3.63) is 29.6 Å². The molecule has 0 saturated heterocycles. The molecule has 0 aliphatic heterocycles. The van der Waals surface area contributed by atoms with E-state index in [0.29, 0.717) is 5.82 Å². The number of carbonyl (C=O) groups excluding carboxylic acids is 1. The Hall–Kier alpha value is -2.18. The lowest BCUT2D eigenvalue weighted by Gasteiger charge is -1.96. The van der Waals surface area contributed by atoms with Crippen LogP contribution in [-0.4, -0.2) is 36.0 Å². The highest BCUT2D eigenvalue weighted by Crippen LogP contribution is 1.99. The molecule has 0 spiro atoms. The number of hydrogen-bond donors (Lipinski definition) is 0. The molecule has 0 amide bonds. The van der Waals surface area contributed by atoms with Crippen molar-refractivity contribution in [2.45, 2.75) is 13.3 Å². The first-order valence-corrected chi connectivity index (χ1v) is 4.70. The molecule has 0 bridgehead atoms. The summed E-state index contributed by atoms with van der Waals surface area (Å²) in [5, 5.41) is 11.3. The van der Waals surface area contributed by atoms with Gasteiger partial charge in [-0.05, 0) is 17.7 Å². The molecule has 7 heteroatoms. The topological polar surface area (TPSA) is 86.5 Å². The van der Waals surface area contributed by atoms with Gasteiger partial charge in [0.05, 0.1) is 13.5 Å². The van der Waals surface area contributed by atoms with Gasteiger partial charge in [-0.2, -0.15) is 4.80 Å². The molecule has 0 aromatic carbocycles. The first kappa shape index (κ1) is 10.3. The number of hydrogen-bond acceptors (Lipinski definition) is 6. The van der Waals surface area contributed by atoms with Crippen LogP contribution in [0, 0.1) is 6.92 Å². The van der Waals surface area contributed by atoms with E-state index in [9.17, 15) is 4.79 Å². The van der Waals surface area contributed by atoms with Crippen LogP contribution in [0.15, 0.2) is 12.4 Å². The molecule has 82 valence electrons. The van der Waals surface area contributed by atoms with E-state index >= 15 is 0 Å². The van der Waals surface area contributed by atoms with Gasteiger partial charge in [-0.15, -0.1) is 10.2 Å². The fraction of sp³-hybridized carbons (Fsp3) is 0.333. The number of nitrogens with zero attached hydrogens (tertiary/aromatic N) is 6. The van der Waals surface area contributed by atoms with Gasteiger partial charge in [-0.25, -0.2) is 9.97 Å². The molecule has 0 aliphatic carbocycles. The summed E-state index contributed by atoms with van der Waals surface area (Å²) in [6, 6.07) is 0. The lowest BCUT2D eigenvalue weighted by molar-refractivity contribution is 0.0980. The predicted molar refractivity (Wildman–Crippen MR) is 53.6 cm³/mol. The smallest absolute Gasteiger partial charge is 0.207 e. The van der Waals surface area contributed by atoms with Gasteiger partial charge in [0.15, 0.2) is 11.6 Å². The van der Waals surface area contributed by atoms with Gasteiger partial charge in [-0.3, -0.25) is 4.79 Å². The zero-order valence-corrected chi connectivity index (χ0v) is 8.95. The second-order valence-electron chi connectivity index (χ2n) is 3.38. The van der Waals surface area contributed by atoms with Gasteiger partial charge in [0.2, 0.25) is 5.78 Å². The number of aromatic nitrogens is 6. The van der Waals surface area contributed by atoms with E-state index in [4.69, 9.17) is 0 Å². The molecule has 2 rings (SSSR count). The normalized spacial score (nSPS) is 10.4. The third-order valence-corrected chi connectivity index (χ3v) is 1.90. The Balaban J connectivity index is 2.11. The van der Waals surface area contributed by atoms with Gasteiger partial charge in [0.1, 0.15) is 0 Å². The molecule has 2 heterocycles. The Bertz CT molecular complexity index is 503. The quantitative estimate of drug-likeness (QED) is 0.659. The second kappa shape index (κ2) is 4.13. The zero-order valence-electron chi connectivity index (χ0n) is 8.95. The summed E-state index contributed by atoms with van der Waals surface area (Å²) in [5.74, 6) is 0.336. The highest BCUT2D eigenvalue weighted by Gasteiger charge is 2.13. The second-order valence-corrected chi connectivity index (χ2v) is 3.38. The van der Waals surface area contributed by atoms with Crippen molar-refractivity contribution >= 4 is 5.78 Å². The minimum Gasteiger partial charge on any atom is -0.290 e. The van der Waals surface area contributed by atoms with Crippen LogP contribution in [0.25, 0.3) is 0 Å². The van der Waals surface area contributed by atoms with E-state index < -0.39 is 0 Å². The molecule has 0 atom stereocenters. The highest BCUT2D eigenvalue weighted by molar-refractivity contribution is 5.93. The molecule has 0 saturated carbocycles. The number of aryl methyl sites for hydroxylation is 2. The van der Waals surface area contributed by atoms with E-state index in [1.54, 1.807) is 19.4 Å². The van der Waals surface area contributed by atoms with Crippen LogP contribution in [0.2, 0.25) is 0 Å². The average molecular weight is 218 g/mol. The highest BCUT2D eigenvalue weighted by atomic mass is 16.1. The number of Topliss-reactive ketones (excluding diaryl/α,β-unsaturated/α-hetero) is 1. The van der Waals surface area contributed by atoms with Crippen LogP contribution in [-0.2, 0) is 13.5 Å². The van der Waals surface area contributed by atoms with Crippen molar-refractivity contribution in [2.24, 2.45) is 7.05 Å². The van der Waals surface area contributed by atoms with Crippen molar-refractivity contribution in [1.29, 1.82) is 0 Å². The van der Waals surface area contributed by atoms with Gasteiger partial charge in [-0.1, -0.05) is 0 Å². The molecule has 0 aliphatic rings. The summed E-state index contributed by atoms with van der Waals surface area (Å²) in [6.07, 6.45) is 3.27. The number of rotatable bonds is 3. The van der Waals surface area contributed by atoms with Gasteiger partial charge in [0, 0.05) is 12.4 Å². The summed E-state index contributed by atoms with van der Waals surface area (Å²) >= 11 is 0. The molecule has 0 radical (unpaired) electrons. The molecule has 0 N–H and O–H groups in total. The van der Waals surface area contributed by atoms with E-state index in [-0.39, 0.29) is 18.0 Å². The van der Waals surface area contributed by atoms with Crippen LogP contribution in [0.1, 0.15) is 22.0 Å². The lowest BCUT2D eigenvalue weighted by Crippen LogP contribution is -2.09. The van der Waals surface area contributed by atoms with E-state index in [2.05, 4.69) is 25.4 Å². The maximum atomic E-state index is 11.7. The van der Waals surface area contributed by atoms with Crippen LogP contribution in [0.3, 0.4) is 0 Å². The lowest BCUT2D eigenvalue weighted by atomic mass is 10.2. The predicted octanol–water partition coefficient (Wildman–Crippen LogP) is -0.266. The van der Waals surface area contributed by atoms with E-state index in [0.717, 1.165) is 5.56 Å². The fourth-order valence-electron chi connectivity index (χ4n) is 1.15. The Labute approximate surface area is 91.5 Å². The standard InChI is InChI=1S/C9H10N6O/c1-6-4-10-9(11-5-6)7(16)3-8-12-14-15(2)13-8/h4-5H,3H2,1-2H3. The minimum atomic E-state index is -0.215. The van der Waals surface area contributed by atoms with Crippen molar-refractivity contribution < 1.29 is 4.79 Å². The maximum Gasteiger partial charge on any atom is 0.207 e. The molecule has 16 heavy (non-hydrogen) atoms. The molecular formula is C9H10N6O. The number of tetrazole rings is 1. The molecule has 0 unspecified atom stereocenters. The zero-order chi connectivity index (χ0) is 11.5. The maximum absolute atomic E-state index is 11.7. The van der Waals surface area contributed by atoms with E-state index in [1.807, 2.05) is 6.92 Å². The van der Waals surface area contributed by atoms with Crippen molar-refractivity contribution in [3.63, 3.8) is 0 Å². The molecular weight excluding hydrogens is 208 g/mol. The summed E-state index contributed by atoms with van der Waals surface area (Å²) in [5.41, 5.74) is 0.911. The fourth-order valence-corrected chi connectivity index (χ4v) is 1.15. The van der Waals surface area contributed by atoms with Crippen LogP contribution in [0.4, 0.5) is 0 Å². The summed E-state index contributed by atoms with van der Waals surface area (Å²) < 4.78 is 0. The first-order valence-electron chi connectivity index (χ1n) is 4.70. The van der Waals surface area contributed by atoms with Crippen LogP contribution < -0.4 is 0 Å². The van der Waals surface area contributed by atoms with Gasteiger partial charge in [0.25, 0.3) is 0 Å². The molecule has 2 aromatic heterocycles. The Morgan fingerprint density at radius 3 is 2.62 bits per heavy atom. The number of carbonyl (C=O) groups is 1. The largest absolute Gasteiger partial charge is 0.290 e. The monoisotopic (exact) mass is 218 g/mol. The SMILES string of the molecule is Cc1cnc(C(=O)Cc2nnn(C)n2)nc1. The third kappa shape index (κ3) is 2.25. The molecule has 7 nitrogen and oxygen atoms in total. The van der Waals surface area contributed by atoms with Crippen molar-refractivity contribution in [1.82, 2.24) is 30.2 Å². The Morgan fingerprint density at radius 1 is 1.38 bits per heavy atom. The van der Waals surface area contributed by atoms with Crippen LogP contribution in [0.5, 0.6) is 0 Å². The summed E-state index contributed by atoms with van der Waals surface area (Å²) in [7, 11) is 1.64. The Morgan fingerprint density at radius 2 is 2.06 bits per heavy atom. The van der Waals surface area contributed by atoms with Gasteiger partial charge < -0.3 is 0 Å². The van der Waals surface area contributed by atoms with Crippen LogP contribution >= 0.6 is 0 Å². The van der Waals surface area contributed by atoms with Crippen molar-refractivity contribution in [3.8, 4) is 0 Å². The summed E-state index contributed by atoms with van der Waals surface area (Å²) in [6.45, 7) is 1.86. The minimum absolute atomic E-state index is 0.0664. The summed E-state index contributed by atoms with van der Waals surface area (Å²) in [4.78, 5) is 20.9. The Kier molecular flexibility index (Phi) is 2.67. The third-order valence-electron chi connectivity index (χ3n) is 1.90. The number of ketones is 1. The first-order chi connectivity index (χ1) is 7.65. The average Bonchev–Trinajstić information content (AvgIpc) is 2.65. The molecule has 0 fully saturated rings. The molecule has 2 aromatic rings.